The van der Waals surface area contributed by atoms with Gasteiger partial charge in [-0.2, -0.15) is 0 Å². The van der Waals surface area contributed by atoms with E-state index in [4.69, 9.17) is 5.11 Å². The zero-order valence-electron chi connectivity index (χ0n) is 14.3. The Hall–Kier alpha value is -2.81. The first kappa shape index (κ1) is 16.6. The van der Waals surface area contributed by atoms with Gasteiger partial charge >= 0.3 is 0 Å². The van der Waals surface area contributed by atoms with Gasteiger partial charge in [0, 0.05) is 51.8 Å². The molecule has 1 aromatic heterocycles. The molecule has 0 bridgehead atoms. The largest absolute Gasteiger partial charge is 0.396 e. The first-order valence-corrected chi connectivity index (χ1v) is 8.70. The van der Waals surface area contributed by atoms with Crippen molar-refractivity contribution in [3.63, 3.8) is 0 Å². The molecule has 0 atom stereocenters. The van der Waals surface area contributed by atoms with E-state index in [1.54, 1.807) is 0 Å². The minimum atomic E-state index is 0.00546. The maximum Gasteiger partial charge on any atom is 0.227 e. The minimum absolute atomic E-state index is 0.00546. The second kappa shape index (κ2) is 6.83. The van der Waals surface area contributed by atoms with E-state index in [-0.39, 0.29) is 18.2 Å². The molecule has 0 aromatic carbocycles. The summed E-state index contributed by atoms with van der Waals surface area (Å²) in [4.78, 5) is 41.7. The number of aliphatic hydroxyl groups excluding tert-OH is 1. The van der Waals surface area contributed by atoms with Gasteiger partial charge in [-0.3, -0.25) is 9.59 Å². The summed E-state index contributed by atoms with van der Waals surface area (Å²) in [5, 5.41) is 8.42. The van der Waals surface area contributed by atoms with Gasteiger partial charge < -0.3 is 19.8 Å². The van der Waals surface area contributed by atoms with Gasteiger partial charge in [-0.05, 0) is 0 Å². The lowest BCUT2D eigenvalue weighted by molar-refractivity contribution is -0.117. The van der Waals surface area contributed by atoms with Gasteiger partial charge in [0.25, 0.3) is 0 Å². The highest BCUT2D eigenvalue weighted by molar-refractivity contribution is 6.22. The minimum Gasteiger partial charge on any atom is -0.396 e. The number of nitrogens with zero attached hydrogens (tertiary/aromatic N) is 6. The predicted octanol–water partition coefficient (Wildman–Crippen LogP) is -1.41. The number of hydrogen-bond acceptors (Lipinski definition) is 9. The predicted molar refractivity (Wildman–Crippen MR) is 90.5 cm³/mol. The molecule has 1 aromatic rings. The Labute approximate surface area is 150 Å². The number of aliphatic hydroxyl groups is 1. The van der Waals surface area contributed by atoms with E-state index in [0.717, 1.165) is 39.3 Å². The van der Waals surface area contributed by atoms with Crippen LogP contribution in [0.1, 0.15) is 5.82 Å². The van der Waals surface area contributed by atoms with Crippen LogP contribution >= 0.6 is 0 Å². The van der Waals surface area contributed by atoms with E-state index in [1.165, 1.54) is 18.7 Å². The van der Waals surface area contributed by atoms with Crippen molar-refractivity contribution in [3.05, 3.63) is 41.6 Å². The highest BCUT2D eigenvalue weighted by Crippen LogP contribution is 2.33. The molecule has 136 valence electrons. The average molecular weight is 356 g/mol. The van der Waals surface area contributed by atoms with E-state index in [1.807, 2.05) is 14.7 Å². The second-order valence-corrected chi connectivity index (χ2v) is 6.41. The number of hydrogen-bond donors (Lipinski definition) is 1. The van der Waals surface area contributed by atoms with Crippen LogP contribution in [0.15, 0.2) is 35.8 Å². The second-order valence-electron chi connectivity index (χ2n) is 6.41. The molecule has 0 unspecified atom stereocenters. The Kier molecular flexibility index (Phi) is 4.37. The number of ketones is 2. The number of rotatable bonds is 5. The molecule has 5 rings (SSSR count). The summed E-state index contributed by atoms with van der Waals surface area (Å²) in [6, 6.07) is 0. The molecule has 4 aliphatic rings. The molecule has 3 aliphatic heterocycles. The third-order valence-corrected chi connectivity index (χ3v) is 4.37. The maximum absolute atomic E-state index is 12.4. The quantitative estimate of drug-likeness (QED) is 0.503. The Morgan fingerprint density at radius 2 is 1.46 bits per heavy atom. The SMILES string of the molecule is O=C1C=C(N2CC2)C(=O)C(N2CC2)=C1N1CC1.OCCc1ncncn1. The van der Waals surface area contributed by atoms with Crippen LogP contribution in [0.2, 0.25) is 0 Å². The molecule has 0 spiro atoms. The lowest BCUT2D eigenvalue weighted by Gasteiger charge is -2.21. The fourth-order valence-corrected chi connectivity index (χ4v) is 2.77. The van der Waals surface area contributed by atoms with Gasteiger partial charge in [0.2, 0.25) is 11.6 Å². The van der Waals surface area contributed by atoms with Crippen molar-refractivity contribution in [1.82, 2.24) is 29.7 Å². The summed E-state index contributed by atoms with van der Waals surface area (Å²) < 4.78 is 0. The first-order valence-electron chi connectivity index (χ1n) is 8.70. The smallest absolute Gasteiger partial charge is 0.227 e. The summed E-state index contributed by atoms with van der Waals surface area (Å²) in [7, 11) is 0. The van der Waals surface area contributed by atoms with Crippen LogP contribution in [0.3, 0.4) is 0 Å². The van der Waals surface area contributed by atoms with E-state index < -0.39 is 0 Å². The zero-order chi connectivity index (χ0) is 18.1. The summed E-state index contributed by atoms with van der Waals surface area (Å²) >= 11 is 0. The topological polar surface area (TPSA) is 102 Å². The van der Waals surface area contributed by atoms with E-state index in [2.05, 4.69) is 15.0 Å². The van der Waals surface area contributed by atoms with Gasteiger partial charge in [-0.15, -0.1) is 0 Å². The van der Waals surface area contributed by atoms with Crippen LogP contribution in [0, 0.1) is 0 Å². The Morgan fingerprint density at radius 1 is 0.885 bits per heavy atom. The molecule has 3 fully saturated rings. The van der Waals surface area contributed by atoms with Crippen LogP contribution < -0.4 is 0 Å². The first-order chi connectivity index (χ1) is 12.7. The van der Waals surface area contributed by atoms with Crippen LogP contribution in [-0.2, 0) is 16.0 Å². The van der Waals surface area contributed by atoms with Crippen LogP contribution in [0.5, 0.6) is 0 Å². The van der Waals surface area contributed by atoms with Crippen LogP contribution in [0.25, 0.3) is 0 Å². The molecular formula is C17H20N6O3. The third-order valence-electron chi connectivity index (χ3n) is 4.37. The number of aromatic nitrogens is 3. The van der Waals surface area contributed by atoms with Gasteiger partial charge in [0.15, 0.2) is 0 Å². The summed E-state index contributed by atoms with van der Waals surface area (Å²) in [6.45, 7) is 5.49. The van der Waals surface area contributed by atoms with Gasteiger partial charge in [-0.25, -0.2) is 15.0 Å². The molecule has 0 saturated carbocycles. The van der Waals surface area contributed by atoms with Crippen molar-refractivity contribution in [1.29, 1.82) is 0 Å². The van der Waals surface area contributed by atoms with Crippen LogP contribution in [0.4, 0.5) is 0 Å². The lowest BCUT2D eigenvalue weighted by atomic mass is 10.0. The molecular weight excluding hydrogens is 336 g/mol. The Morgan fingerprint density at radius 3 is 2.00 bits per heavy atom. The van der Waals surface area contributed by atoms with Crippen molar-refractivity contribution in [3.8, 4) is 0 Å². The Balaban J connectivity index is 0.000000160. The number of allylic oxidation sites excluding steroid dienone is 1. The summed E-state index contributed by atoms with van der Waals surface area (Å²) in [5.74, 6) is 0.680. The summed E-state index contributed by atoms with van der Waals surface area (Å²) in [5.41, 5.74) is 1.89. The molecule has 9 nitrogen and oxygen atoms in total. The van der Waals surface area contributed by atoms with Crippen molar-refractivity contribution in [2.45, 2.75) is 6.42 Å². The van der Waals surface area contributed by atoms with Crippen LogP contribution in [-0.4, -0.2) is 92.2 Å². The van der Waals surface area contributed by atoms with Gasteiger partial charge in [0.05, 0.1) is 12.3 Å². The standard InChI is InChI=1S/C12H13N3O2.C5H7N3O/c16-9-7-8(13-1-2-13)12(17)11(15-5-6-15)10(9)14-3-4-14;9-2-1-5-7-3-6-4-8-5/h7H,1-6H2;3-4,9H,1-2H2. The fourth-order valence-electron chi connectivity index (χ4n) is 2.77. The lowest BCUT2D eigenvalue weighted by Crippen LogP contribution is -2.29. The normalized spacial score (nSPS) is 20.7. The summed E-state index contributed by atoms with van der Waals surface area (Å²) in [6.07, 6.45) is 4.86. The highest BCUT2D eigenvalue weighted by Gasteiger charge is 2.43. The molecule has 0 radical (unpaired) electrons. The van der Waals surface area contributed by atoms with E-state index >= 15 is 0 Å². The Bertz CT molecular complexity index is 779. The van der Waals surface area contributed by atoms with Gasteiger partial charge in [-0.1, -0.05) is 0 Å². The maximum atomic E-state index is 12.4. The van der Waals surface area contributed by atoms with E-state index in [9.17, 15) is 9.59 Å². The van der Waals surface area contributed by atoms with Crippen molar-refractivity contribution >= 4 is 11.6 Å². The van der Waals surface area contributed by atoms with Gasteiger partial charge in [0.1, 0.15) is 29.9 Å². The fraction of sp³-hybridized carbons (Fsp3) is 0.471. The molecule has 0 amide bonds. The molecule has 1 aliphatic carbocycles. The molecule has 9 heteroatoms. The van der Waals surface area contributed by atoms with E-state index in [0.29, 0.717) is 29.3 Å². The molecule has 4 heterocycles. The molecule has 3 saturated heterocycles. The average Bonchev–Trinajstić information content (AvgIpc) is 3.49. The number of Topliss-reactive ketones (excluding diaryl/α,β-unsaturated/α-hetero) is 1. The monoisotopic (exact) mass is 356 g/mol. The number of carbonyl (C=O) groups excluding carboxylic acids is 2. The number of carbonyl (C=O) groups is 2. The molecule has 1 N–H and O–H groups in total. The van der Waals surface area contributed by atoms with Crippen molar-refractivity contribution in [2.24, 2.45) is 0 Å². The van der Waals surface area contributed by atoms with Crippen molar-refractivity contribution < 1.29 is 14.7 Å². The zero-order valence-corrected chi connectivity index (χ0v) is 14.3. The van der Waals surface area contributed by atoms with Crippen molar-refractivity contribution in [2.75, 3.05) is 45.9 Å². The molecule has 26 heavy (non-hydrogen) atoms. The third kappa shape index (κ3) is 3.57. The highest BCUT2D eigenvalue weighted by atomic mass is 16.3.